The van der Waals surface area contributed by atoms with Gasteiger partial charge in [0.15, 0.2) is 0 Å². The first-order chi connectivity index (χ1) is 8.41. The van der Waals surface area contributed by atoms with Crippen LogP contribution in [0.1, 0.15) is 19.8 Å². The Hall–Kier alpha value is -0.140. The van der Waals surface area contributed by atoms with Gasteiger partial charge >= 0.3 is 0 Å². The minimum atomic E-state index is -3.43. The molecule has 0 aliphatic carbocycles. The highest BCUT2D eigenvalue weighted by Crippen LogP contribution is 2.22. The zero-order valence-corrected chi connectivity index (χ0v) is 13.9. The van der Waals surface area contributed by atoms with Crippen molar-refractivity contribution < 1.29 is 8.42 Å². The second-order valence-corrected chi connectivity index (χ2v) is 7.47. The number of sulfonamides is 1. The molecule has 19 heavy (non-hydrogen) atoms. The number of rotatable bonds is 3. The predicted octanol–water partition coefficient (Wildman–Crippen LogP) is 2.29. The fourth-order valence-corrected chi connectivity index (χ4v) is 3.81. The van der Waals surface area contributed by atoms with Crippen molar-refractivity contribution in [2.75, 3.05) is 13.1 Å². The van der Waals surface area contributed by atoms with Crippen molar-refractivity contribution in [3.8, 4) is 0 Å². The lowest BCUT2D eigenvalue weighted by atomic mass is 9.92. The lowest BCUT2D eigenvalue weighted by Gasteiger charge is -2.34. The summed E-state index contributed by atoms with van der Waals surface area (Å²) in [6.07, 6.45) is 1.62. The molecule has 0 aromatic heterocycles. The van der Waals surface area contributed by atoms with Crippen LogP contribution in [0.5, 0.6) is 0 Å². The van der Waals surface area contributed by atoms with E-state index in [0.717, 1.165) is 30.4 Å². The fraction of sp³-hybridized carbons (Fsp3) is 0.500. The van der Waals surface area contributed by atoms with E-state index in [1.54, 1.807) is 24.3 Å². The lowest BCUT2D eigenvalue weighted by molar-refractivity contribution is 0.308. The molecule has 4 nitrogen and oxygen atoms in total. The topological polar surface area (TPSA) is 58.2 Å². The van der Waals surface area contributed by atoms with Crippen molar-refractivity contribution in [3.05, 3.63) is 28.7 Å². The number of nitrogens with one attached hydrogen (secondary N) is 2. The molecule has 7 heteroatoms. The molecule has 2 N–H and O–H groups in total. The van der Waals surface area contributed by atoms with Gasteiger partial charge in [-0.15, -0.1) is 12.4 Å². The first-order valence-corrected chi connectivity index (χ1v) is 8.19. The summed E-state index contributed by atoms with van der Waals surface area (Å²) in [5.41, 5.74) is -0.350. The quantitative estimate of drug-likeness (QED) is 0.859. The Morgan fingerprint density at radius 1 is 1.21 bits per heavy atom. The van der Waals surface area contributed by atoms with Gasteiger partial charge in [-0.25, -0.2) is 13.1 Å². The van der Waals surface area contributed by atoms with Gasteiger partial charge in [0.2, 0.25) is 10.0 Å². The van der Waals surface area contributed by atoms with Gasteiger partial charge in [-0.3, -0.25) is 0 Å². The number of piperidine rings is 1. The predicted molar refractivity (Wildman–Crippen MR) is 82.2 cm³/mol. The van der Waals surface area contributed by atoms with E-state index in [1.807, 2.05) is 6.92 Å². The van der Waals surface area contributed by atoms with E-state index in [9.17, 15) is 8.42 Å². The van der Waals surface area contributed by atoms with Crippen LogP contribution < -0.4 is 10.0 Å². The van der Waals surface area contributed by atoms with E-state index < -0.39 is 10.0 Å². The molecule has 0 bridgehead atoms. The molecule has 1 saturated heterocycles. The molecule has 0 saturated carbocycles. The molecule has 1 fully saturated rings. The number of halogens is 2. The first-order valence-electron chi connectivity index (χ1n) is 5.92. The summed E-state index contributed by atoms with van der Waals surface area (Å²) in [5, 5.41) is 3.23. The minimum Gasteiger partial charge on any atom is -0.317 e. The number of hydrogen-bond acceptors (Lipinski definition) is 3. The Kier molecular flexibility index (Phi) is 5.82. The molecular formula is C12H18BrClN2O2S. The second-order valence-electron chi connectivity index (χ2n) is 4.87. The maximum atomic E-state index is 12.3. The Morgan fingerprint density at radius 2 is 1.74 bits per heavy atom. The van der Waals surface area contributed by atoms with Gasteiger partial charge in [0, 0.05) is 10.0 Å². The van der Waals surface area contributed by atoms with Crippen LogP contribution in [0.15, 0.2) is 33.6 Å². The van der Waals surface area contributed by atoms with E-state index in [2.05, 4.69) is 26.0 Å². The summed E-state index contributed by atoms with van der Waals surface area (Å²) in [4.78, 5) is 0.311. The molecule has 0 amide bonds. The molecule has 1 aliphatic rings. The highest BCUT2D eigenvalue weighted by molar-refractivity contribution is 9.10. The lowest BCUT2D eigenvalue weighted by Crippen LogP contribution is -2.52. The highest BCUT2D eigenvalue weighted by atomic mass is 79.9. The third-order valence-corrected chi connectivity index (χ3v) is 5.39. The van der Waals surface area contributed by atoms with Crippen molar-refractivity contribution in [3.63, 3.8) is 0 Å². The third kappa shape index (κ3) is 4.43. The highest BCUT2D eigenvalue weighted by Gasteiger charge is 2.31. The van der Waals surface area contributed by atoms with Crippen LogP contribution in [0.25, 0.3) is 0 Å². The van der Waals surface area contributed by atoms with Crippen LogP contribution in [0.2, 0.25) is 0 Å². The second kappa shape index (κ2) is 6.54. The molecule has 1 heterocycles. The van der Waals surface area contributed by atoms with Crippen molar-refractivity contribution in [1.29, 1.82) is 0 Å². The summed E-state index contributed by atoms with van der Waals surface area (Å²) < 4.78 is 28.2. The van der Waals surface area contributed by atoms with Crippen LogP contribution in [0.4, 0.5) is 0 Å². The van der Waals surface area contributed by atoms with Crippen molar-refractivity contribution >= 4 is 38.4 Å². The molecule has 108 valence electrons. The summed E-state index contributed by atoms with van der Waals surface area (Å²) in [5.74, 6) is 0. The maximum absolute atomic E-state index is 12.3. The van der Waals surface area contributed by atoms with Gasteiger partial charge in [-0.1, -0.05) is 15.9 Å². The maximum Gasteiger partial charge on any atom is 0.241 e. The van der Waals surface area contributed by atoms with Gasteiger partial charge < -0.3 is 5.32 Å². The van der Waals surface area contributed by atoms with Gasteiger partial charge in [-0.05, 0) is 57.1 Å². The van der Waals surface area contributed by atoms with Gasteiger partial charge in [-0.2, -0.15) is 0 Å². The smallest absolute Gasteiger partial charge is 0.241 e. The molecule has 1 aromatic carbocycles. The fourth-order valence-electron chi connectivity index (χ4n) is 2.08. The Morgan fingerprint density at radius 3 is 2.26 bits per heavy atom. The average molecular weight is 370 g/mol. The van der Waals surface area contributed by atoms with E-state index in [4.69, 9.17) is 0 Å². The molecule has 0 radical (unpaired) electrons. The Balaban J connectivity index is 0.00000180. The molecular weight excluding hydrogens is 352 g/mol. The van der Waals surface area contributed by atoms with Gasteiger partial charge in [0.1, 0.15) is 0 Å². The average Bonchev–Trinajstić information content (AvgIpc) is 2.29. The van der Waals surface area contributed by atoms with Gasteiger partial charge in [0.25, 0.3) is 0 Å². The zero-order valence-electron chi connectivity index (χ0n) is 10.6. The van der Waals surface area contributed by atoms with E-state index in [1.165, 1.54) is 0 Å². The normalized spacial score (nSPS) is 18.6. The number of hydrogen-bond donors (Lipinski definition) is 2. The Labute approximate surface area is 128 Å². The van der Waals surface area contributed by atoms with E-state index >= 15 is 0 Å². The van der Waals surface area contributed by atoms with Crippen LogP contribution in [0, 0.1) is 0 Å². The van der Waals surface area contributed by atoms with Crippen LogP contribution in [-0.4, -0.2) is 27.0 Å². The minimum absolute atomic E-state index is 0. The van der Waals surface area contributed by atoms with Crippen LogP contribution >= 0.6 is 28.3 Å². The largest absolute Gasteiger partial charge is 0.317 e. The van der Waals surface area contributed by atoms with Crippen molar-refractivity contribution in [2.45, 2.75) is 30.2 Å². The zero-order chi connectivity index (χ0) is 13.2. The monoisotopic (exact) mass is 368 g/mol. The van der Waals surface area contributed by atoms with Crippen LogP contribution in [0.3, 0.4) is 0 Å². The third-order valence-electron chi connectivity index (χ3n) is 3.21. The Bertz CT molecular complexity index is 513. The summed E-state index contributed by atoms with van der Waals surface area (Å²) >= 11 is 3.30. The number of benzene rings is 1. The standard InChI is InChI=1S/C12H17BrN2O2S.ClH/c1-12(6-8-14-9-7-12)15-18(16,17)11-4-2-10(13)3-5-11;/h2-5,14-15H,6-9H2,1H3;1H. The van der Waals surface area contributed by atoms with E-state index in [-0.39, 0.29) is 17.9 Å². The summed E-state index contributed by atoms with van der Waals surface area (Å²) in [6, 6.07) is 6.69. The first kappa shape index (κ1) is 16.9. The molecule has 0 unspecified atom stereocenters. The SMILES string of the molecule is CC1(NS(=O)(=O)c2ccc(Br)cc2)CCNCC1.Cl. The molecule has 0 spiro atoms. The molecule has 1 aliphatic heterocycles. The molecule has 1 aromatic rings. The van der Waals surface area contributed by atoms with Crippen molar-refractivity contribution in [2.24, 2.45) is 0 Å². The van der Waals surface area contributed by atoms with Gasteiger partial charge in [0.05, 0.1) is 4.90 Å². The van der Waals surface area contributed by atoms with Crippen LogP contribution in [-0.2, 0) is 10.0 Å². The van der Waals surface area contributed by atoms with E-state index in [0.29, 0.717) is 4.90 Å². The molecule has 0 atom stereocenters. The summed E-state index contributed by atoms with van der Waals surface area (Å²) in [7, 11) is -3.43. The van der Waals surface area contributed by atoms with Crippen molar-refractivity contribution in [1.82, 2.24) is 10.0 Å². The molecule has 2 rings (SSSR count). The summed E-state index contributed by atoms with van der Waals surface area (Å²) in [6.45, 7) is 3.66.